The van der Waals surface area contributed by atoms with Gasteiger partial charge in [0.2, 0.25) is 5.76 Å². The molecule has 0 radical (unpaired) electrons. The maximum absolute atomic E-state index is 11.9. The highest BCUT2D eigenvalue weighted by Gasteiger charge is 2.41. The average molecular weight is 446 g/mol. The highest BCUT2D eigenvalue weighted by molar-refractivity contribution is 5.89. The summed E-state index contributed by atoms with van der Waals surface area (Å²) >= 11 is 0. The van der Waals surface area contributed by atoms with Gasteiger partial charge in [-0.15, -0.1) is 0 Å². The quantitative estimate of drug-likeness (QED) is 0.181. The lowest BCUT2D eigenvalue weighted by molar-refractivity contribution is -0.155. The summed E-state index contributed by atoms with van der Waals surface area (Å²) in [5.74, 6) is -3.22. The lowest BCUT2D eigenvalue weighted by atomic mass is 10.1. The van der Waals surface area contributed by atoms with Gasteiger partial charge in [0.15, 0.2) is 11.9 Å². The number of carbonyl (C=O) groups is 3. The Labute approximate surface area is 182 Å². The molecule has 3 atom stereocenters. The van der Waals surface area contributed by atoms with Gasteiger partial charge in [-0.3, -0.25) is 9.59 Å². The number of hydrogen-bond donors (Lipinski definition) is 3. The zero-order valence-electron chi connectivity index (χ0n) is 18.2. The van der Waals surface area contributed by atoms with E-state index in [1.54, 1.807) is 6.92 Å². The van der Waals surface area contributed by atoms with E-state index in [4.69, 9.17) is 18.9 Å². The molecule has 0 fully saturated rings. The fraction of sp³-hybridized carbons (Fsp3) is 0.762. The molecular weight excluding hydrogens is 412 g/mol. The molecule has 1 unspecified atom stereocenters. The summed E-state index contributed by atoms with van der Waals surface area (Å²) in [5, 5.41) is 30.0. The van der Waals surface area contributed by atoms with Gasteiger partial charge in [0, 0.05) is 12.8 Å². The maximum Gasteiger partial charge on any atom is 0.378 e. The molecule has 10 nitrogen and oxygen atoms in total. The van der Waals surface area contributed by atoms with Gasteiger partial charge in [-0.1, -0.05) is 39.5 Å². The molecule has 0 amide bonds. The minimum Gasteiger partial charge on any atom is -0.505 e. The Balaban J connectivity index is 2.37. The first kappa shape index (κ1) is 26.7. The molecule has 0 saturated carbocycles. The van der Waals surface area contributed by atoms with Crippen LogP contribution in [0, 0.1) is 0 Å². The van der Waals surface area contributed by atoms with Crippen molar-refractivity contribution in [2.75, 3.05) is 19.8 Å². The van der Waals surface area contributed by atoms with Crippen LogP contribution in [0.5, 0.6) is 0 Å². The summed E-state index contributed by atoms with van der Waals surface area (Å²) in [7, 11) is 0. The third-order valence-corrected chi connectivity index (χ3v) is 4.48. The fourth-order valence-electron chi connectivity index (χ4n) is 2.76. The number of aliphatic hydroxyl groups is 3. The summed E-state index contributed by atoms with van der Waals surface area (Å²) in [6, 6.07) is 0. The first-order chi connectivity index (χ1) is 14.8. The second-order valence-electron chi connectivity index (χ2n) is 7.35. The Morgan fingerprint density at radius 2 is 1.58 bits per heavy atom. The third-order valence-electron chi connectivity index (χ3n) is 4.48. The van der Waals surface area contributed by atoms with Crippen LogP contribution in [0.1, 0.15) is 65.2 Å². The smallest absolute Gasteiger partial charge is 0.378 e. The number of aliphatic hydroxyl groups excluding tert-OH is 3. The van der Waals surface area contributed by atoms with E-state index in [0.29, 0.717) is 6.42 Å². The SMILES string of the molecule is CCCCCCCC(=O)OCC(O)COC1=C(O)[C@@H]([C@@H](O)COC(=O)CCC)OC1=O. The molecule has 1 aliphatic rings. The van der Waals surface area contributed by atoms with Gasteiger partial charge in [0.1, 0.15) is 32.0 Å². The van der Waals surface area contributed by atoms with Gasteiger partial charge < -0.3 is 34.3 Å². The summed E-state index contributed by atoms with van der Waals surface area (Å²) < 4.78 is 19.7. The summed E-state index contributed by atoms with van der Waals surface area (Å²) in [4.78, 5) is 34.9. The molecule has 1 aliphatic heterocycles. The lowest BCUT2D eigenvalue weighted by Crippen LogP contribution is -2.33. The summed E-state index contributed by atoms with van der Waals surface area (Å²) in [6.07, 6.45) is 1.82. The lowest BCUT2D eigenvalue weighted by Gasteiger charge is -2.17. The number of carbonyl (C=O) groups excluding carboxylic acids is 3. The molecule has 1 rings (SSSR count). The van der Waals surface area contributed by atoms with Crippen LogP contribution in [0.25, 0.3) is 0 Å². The Bertz CT molecular complexity index is 615. The molecule has 0 aromatic rings. The van der Waals surface area contributed by atoms with Crippen LogP contribution < -0.4 is 0 Å². The van der Waals surface area contributed by atoms with Gasteiger partial charge in [0.25, 0.3) is 0 Å². The Morgan fingerprint density at radius 3 is 2.26 bits per heavy atom. The van der Waals surface area contributed by atoms with Crippen molar-refractivity contribution in [3.05, 3.63) is 11.5 Å². The molecule has 0 spiro atoms. The molecular formula is C21H34O10. The number of ether oxygens (including phenoxy) is 4. The topological polar surface area (TPSA) is 149 Å². The van der Waals surface area contributed by atoms with Crippen LogP contribution in [0.3, 0.4) is 0 Å². The van der Waals surface area contributed by atoms with Gasteiger partial charge in [-0.2, -0.15) is 0 Å². The molecule has 0 bridgehead atoms. The first-order valence-electron chi connectivity index (χ1n) is 10.7. The van der Waals surface area contributed by atoms with Crippen molar-refractivity contribution in [2.45, 2.75) is 83.5 Å². The van der Waals surface area contributed by atoms with Crippen molar-refractivity contribution >= 4 is 17.9 Å². The molecule has 178 valence electrons. The first-order valence-corrected chi connectivity index (χ1v) is 10.7. The highest BCUT2D eigenvalue weighted by Crippen LogP contribution is 2.24. The van der Waals surface area contributed by atoms with E-state index in [2.05, 4.69) is 6.92 Å². The Hall–Kier alpha value is -2.33. The van der Waals surface area contributed by atoms with Gasteiger partial charge in [-0.25, -0.2) is 4.79 Å². The second-order valence-corrected chi connectivity index (χ2v) is 7.35. The van der Waals surface area contributed by atoms with Crippen molar-refractivity contribution in [1.82, 2.24) is 0 Å². The minimum absolute atomic E-state index is 0.175. The monoisotopic (exact) mass is 446 g/mol. The van der Waals surface area contributed by atoms with Crippen LogP contribution >= 0.6 is 0 Å². The number of hydrogen-bond acceptors (Lipinski definition) is 10. The molecule has 0 aromatic carbocycles. The molecule has 1 heterocycles. The maximum atomic E-state index is 11.9. The number of cyclic esters (lactones) is 1. The minimum atomic E-state index is -1.48. The van der Waals surface area contributed by atoms with Gasteiger partial charge >= 0.3 is 17.9 Å². The van der Waals surface area contributed by atoms with Crippen LogP contribution in [0.15, 0.2) is 11.5 Å². The van der Waals surface area contributed by atoms with Gasteiger partial charge in [0.05, 0.1) is 0 Å². The number of rotatable bonds is 16. The molecule has 10 heteroatoms. The normalized spacial score (nSPS) is 17.8. The Morgan fingerprint density at radius 1 is 0.935 bits per heavy atom. The standard InChI is InChI=1S/C21H34O10/c1-3-5-6-7-8-10-17(25)28-11-14(22)12-30-20-18(26)19(31-21(20)27)15(23)13-29-16(24)9-4-2/h14-15,19,22-23,26H,3-13H2,1-2H3/t14?,15-,19+/m0/s1. The molecule has 31 heavy (non-hydrogen) atoms. The van der Waals surface area contributed by atoms with E-state index in [9.17, 15) is 29.7 Å². The van der Waals surface area contributed by atoms with Crippen molar-refractivity contribution in [3.8, 4) is 0 Å². The van der Waals surface area contributed by atoms with Crippen molar-refractivity contribution in [1.29, 1.82) is 0 Å². The van der Waals surface area contributed by atoms with E-state index in [1.807, 2.05) is 0 Å². The second kappa shape index (κ2) is 14.6. The van der Waals surface area contributed by atoms with Crippen molar-refractivity contribution < 1.29 is 48.7 Å². The van der Waals surface area contributed by atoms with E-state index in [1.165, 1.54) is 0 Å². The molecule has 3 N–H and O–H groups in total. The van der Waals surface area contributed by atoms with Crippen LogP contribution in [0.4, 0.5) is 0 Å². The zero-order valence-corrected chi connectivity index (χ0v) is 18.2. The van der Waals surface area contributed by atoms with E-state index < -0.39 is 61.0 Å². The Kier molecular flexibility index (Phi) is 12.6. The predicted octanol–water partition coefficient (Wildman–Crippen LogP) is 1.67. The molecule has 0 saturated heterocycles. The zero-order chi connectivity index (χ0) is 23.2. The largest absolute Gasteiger partial charge is 0.505 e. The predicted molar refractivity (Wildman–Crippen MR) is 108 cm³/mol. The van der Waals surface area contributed by atoms with Crippen LogP contribution in [-0.4, -0.2) is 71.4 Å². The number of unbranched alkanes of at least 4 members (excludes halogenated alkanes) is 4. The van der Waals surface area contributed by atoms with Crippen molar-refractivity contribution in [2.24, 2.45) is 0 Å². The number of esters is 3. The van der Waals surface area contributed by atoms with Crippen molar-refractivity contribution in [3.63, 3.8) is 0 Å². The van der Waals surface area contributed by atoms with E-state index in [0.717, 1.165) is 32.1 Å². The summed E-state index contributed by atoms with van der Waals surface area (Å²) in [6.45, 7) is 2.67. The van der Waals surface area contributed by atoms with E-state index >= 15 is 0 Å². The van der Waals surface area contributed by atoms with E-state index in [-0.39, 0.29) is 19.4 Å². The molecule has 0 aromatic heterocycles. The highest BCUT2D eigenvalue weighted by atomic mass is 16.6. The van der Waals surface area contributed by atoms with Crippen LogP contribution in [0.2, 0.25) is 0 Å². The summed E-state index contributed by atoms with van der Waals surface area (Å²) in [5.41, 5.74) is 0. The average Bonchev–Trinajstić information content (AvgIpc) is 3.02. The van der Waals surface area contributed by atoms with Gasteiger partial charge in [-0.05, 0) is 12.8 Å². The fourth-order valence-corrected chi connectivity index (χ4v) is 2.76. The van der Waals surface area contributed by atoms with Crippen LogP contribution in [-0.2, 0) is 33.3 Å². The molecule has 0 aliphatic carbocycles. The third kappa shape index (κ3) is 10.0.